The van der Waals surface area contributed by atoms with Crippen molar-refractivity contribution >= 4 is 0 Å². The Bertz CT molecular complexity index is 568. The molecule has 1 atom stereocenters. The van der Waals surface area contributed by atoms with Gasteiger partial charge in [0.2, 0.25) is 0 Å². The number of halogens is 1. The third-order valence-corrected chi connectivity index (χ3v) is 3.27. The minimum absolute atomic E-state index is 0.173. The van der Waals surface area contributed by atoms with E-state index in [0.717, 1.165) is 25.9 Å². The van der Waals surface area contributed by atoms with Gasteiger partial charge in [-0.1, -0.05) is 12.1 Å². The van der Waals surface area contributed by atoms with E-state index in [2.05, 4.69) is 15.3 Å². The molecule has 1 aromatic heterocycles. The summed E-state index contributed by atoms with van der Waals surface area (Å²) in [6.07, 6.45) is 5.61. The molecule has 0 amide bonds. The molecule has 5 heteroatoms. The highest BCUT2D eigenvalue weighted by atomic mass is 19.1. The summed E-state index contributed by atoms with van der Waals surface area (Å²) in [5.74, 6) is 0.858. The first-order valence-corrected chi connectivity index (χ1v) is 6.76. The van der Waals surface area contributed by atoms with E-state index < -0.39 is 0 Å². The summed E-state index contributed by atoms with van der Waals surface area (Å²) in [6.45, 7) is 1.90. The first-order valence-electron chi connectivity index (χ1n) is 6.76. The smallest absolute Gasteiger partial charge is 0.159 e. The van der Waals surface area contributed by atoms with Crippen LogP contribution in [0.25, 0.3) is 11.4 Å². The standard InChI is InChI=1S/C15H16FN3O/c16-12-4-1-3-11(7-12)15-18-9-14(10-19-15)20-13-5-2-6-17-8-13/h1,3-4,7,9-10,13,17H,2,5-6,8H2. The topological polar surface area (TPSA) is 47.0 Å². The molecule has 1 aliphatic heterocycles. The number of benzene rings is 1. The largest absolute Gasteiger partial charge is 0.486 e. The number of ether oxygens (including phenoxy) is 1. The zero-order chi connectivity index (χ0) is 13.8. The van der Waals surface area contributed by atoms with Crippen molar-refractivity contribution in [3.8, 4) is 17.1 Å². The van der Waals surface area contributed by atoms with E-state index in [0.29, 0.717) is 17.1 Å². The van der Waals surface area contributed by atoms with Gasteiger partial charge in [0, 0.05) is 12.1 Å². The van der Waals surface area contributed by atoms with Gasteiger partial charge in [0.1, 0.15) is 11.9 Å². The van der Waals surface area contributed by atoms with Gasteiger partial charge in [-0.25, -0.2) is 14.4 Å². The van der Waals surface area contributed by atoms with E-state index >= 15 is 0 Å². The van der Waals surface area contributed by atoms with Crippen molar-refractivity contribution in [2.24, 2.45) is 0 Å². The van der Waals surface area contributed by atoms with E-state index in [1.54, 1.807) is 24.5 Å². The highest BCUT2D eigenvalue weighted by Gasteiger charge is 2.14. The molecule has 3 rings (SSSR count). The maximum Gasteiger partial charge on any atom is 0.159 e. The molecular weight excluding hydrogens is 257 g/mol. The molecule has 4 nitrogen and oxygen atoms in total. The molecular formula is C15H16FN3O. The van der Waals surface area contributed by atoms with Crippen LogP contribution in [0, 0.1) is 5.82 Å². The van der Waals surface area contributed by atoms with Crippen LogP contribution in [0.5, 0.6) is 5.75 Å². The summed E-state index contributed by atoms with van der Waals surface area (Å²) in [6, 6.07) is 6.24. The lowest BCUT2D eigenvalue weighted by Gasteiger charge is -2.23. The van der Waals surface area contributed by atoms with Gasteiger partial charge in [0.05, 0.1) is 12.4 Å². The van der Waals surface area contributed by atoms with Crippen molar-refractivity contribution in [3.05, 3.63) is 42.5 Å². The molecule has 1 fully saturated rings. The van der Waals surface area contributed by atoms with E-state index in [-0.39, 0.29) is 11.9 Å². The molecule has 0 saturated carbocycles. The molecule has 1 N–H and O–H groups in total. The van der Waals surface area contributed by atoms with Crippen molar-refractivity contribution in [2.45, 2.75) is 18.9 Å². The Labute approximate surface area is 117 Å². The van der Waals surface area contributed by atoms with Crippen molar-refractivity contribution in [3.63, 3.8) is 0 Å². The van der Waals surface area contributed by atoms with Gasteiger partial charge < -0.3 is 10.1 Å². The van der Waals surface area contributed by atoms with Gasteiger partial charge >= 0.3 is 0 Å². The molecule has 104 valence electrons. The first kappa shape index (κ1) is 13.0. The Morgan fingerprint density at radius 3 is 2.80 bits per heavy atom. The second-order valence-electron chi connectivity index (χ2n) is 4.84. The molecule has 0 spiro atoms. The number of piperidine rings is 1. The maximum atomic E-state index is 13.2. The zero-order valence-corrected chi connectivity index (χ0v) is 11.1. The Balaban J connectivity index is 1.71. The molecule has 1 aromatic carbocycles. The highest BCUT2D eigenvalue weighted by Crippen LogP contribution is 2.19. The number of nitrogens with zero attached hydrogens (tertiary/aromatic N) is 2. The summed E-state index contributed by atoms with van der Waals surface area (Å²) >= 11 is 0. The van der Waals surface area contributed by atoms with Crippen LogP contribution >= 0.6 is 0 Å². The minimum Gasteiger partial charge on any atom is -0.486 e. The molecule has 0 bridgehead atoms. The molecule has 2 heterocycles. The monoisotopic (exact) mass is 273 g/mol. The Morgan fingerprint density at radius 2 is 2.10 bits per heavy atom. The summed E-state index contributed by atoms with van der Waals surface area (Å²) in [5.41, 5.74) is 0.663. The number of hydrogen-bond acceptors (Lipinski definition) is 4. The summed E-state index contributed by atoms with van der Waals surface area (Å²) in [5, 5.41) is 3.29. The fourth-order valence-electron chi connectivity index (χ4n) is 2.27. The molecule has 20 heavy (non-hydrogen) atoms. The van der Waals surface area contributed by atoms with Crippen LogP contribution < -0.4 is 10.1 Å². The lowest BCUT2D eigenvalue weighted by Crippen LogP contribution is -2.37. The summed E-state index contributed by atoms with van der Waals surface area (Å²) in [4.78, 5) is 8.46. The Morgan fingerprint density at radius 1 is 1.25 bits per heavy atom. The van der Waals surface area contributed by atoms with Crippen molar-refractivity contribution < 1.29 is 9.13 Å². The lowest BCUT2D eigenvalue weighted by molar-refractivity contribution is 0.166. The van der Waals surface area contributed by atoms with Gasteiger partial charge in [-0.2, -0.15) is 0 Å². The van der Waals surface area contributed by atoms with Gasteiger partial charge in [-0.15, -0.1) is 0 Å². The van der Waals surface area contributed by atoms with Crippen LogP contribution in [0.3, 0.4) is 0 Å². The van der Waals surface area contributed by atoms with Crippen molar-refractivity contribution in [1.82, 2.24) is 15.3 Å². The SMILES string of the molecule is Fc1cccc(-c2ncc(OC3CCCNC3)cn2)c1. The Hall–Kier alpha value is -2.01. The number of nitrogens with one attached hydrogen (secondary N) is 1. The fraction of sp³-hybridized carbons (Fsp3) is 0.333. The zero-order valence-electron chi connectivity index (χ0n) is 11.1. The third kappa shape index (κ3) is 3.11. The van der Waals surface area contributed by atoms with Gasteiger partial charge in [0.15, 0.2) is 11.6 Å². The molecule has 1 saturated heterocycles. The number of hydrogen-bond donors (Lipinski definition) is 1. The Kier molecular flexibility index (Phi) is 3.87. The summed E-state index contributed by atoms with van der Waals surface area (Å²) in [7, 11) is 0. The van der Waals surface area contributed by atoms with E-state index in [1.807, 2.05) is 0 Å². The molecule has 0 aliphatic carbocycles. The highest BCUT2D eigenvalue weighted by molar-refractivity contribution is 5.54. The molecule has 1 aliphatic rings. The average molecular weight is 273 g/mol. The van der Waals surface area contributed by atoms with E-state index in [9.17, 15) is 4.39 Å². The summed E-state index contributed by atoms with van der Waals surface area (Å²) < 4.78 is 19.0. The molecule has 0 radical (unpaired) electrons. The van der Waals surface area contributed by atoms with Crippen LogP contribution in [0.15, 0.2) is 36.7 Å². The van der Waals surface area contributed by atoms with Crippen LogP contribution in [0.1, 0.15) is 12.8 Å². The number of rotatable bonds is 3. The van der Waals surface area contributed by atoms with Crippen LogP contribution in [-0.2, 0) is 0 Å². The third-order valence-electron chi connectivity index (χ3n) is 3.27. The molecule has 1 unspecified atom stereocenters. The van der Waals surface area contributed by atoms with Crippen LogP contribution in [0.4, 0.5) is 4.39 Å². The van der Waals surface area contributed by atoms with Crippen LogP contribution in [0.2, 0.25) is 0 Å². The van der Waals surface area contributed by atoms with Crippen molar-refractivity contribution in [1.29, 1.82) is 0 Å². The lowest BCUT2D eigenvalue weighted by atomic mass is 10.1. The van der Waals surface area contributed by atoms with Crippen LogP contribution in [-0.4, -0.2) is 29.2 Å². The fourth-order valence-corrected chi connectivity index (χ4v) is 2.27. The maximum absolute atomic E-state index is 13.2. The van der Waals surface area contributed by atoms with Gasteiger partial charge in [0.25, 0.3) is 0 Å². The molecule has 2 aromatic rings. The van der Waals surface area contributed by atoms with Gasteiger partial charge in [-0.05, 0) is 31.5 Å². The normalized spacial score (nSPS) is 18.8. The average Bonchev–Trinajstić information content (AvgIpc) is 2.49. The predicted octanol–water partition coefficient (Wildman–Crippen LogP) is 2.41. The predicted molar refractivity (Wildman–Crippen MR) is 73.9 cm³/mol. The van der Waals surface area contributed by atoms with E-state index in [1.165, 1.54) is 12.1 Å². The first-order chi connectivity index (χ1) is 9.81. The number of aromatic nitrogens is 2. The quantitative estimate of drug-likeness (QED) is 0.933. The minimum atomic E-state index is -0.292. The van der Waals surface area contributed by atoms with Crippen molar-refractivity contribution in [2.75, 3.05) is 13.1 Å². The van der Waals surface area contributed by atoms with E-state index in [4.69, 9.17) is 4.74 Å². The second-order valence-corrected chi connectivity index (χ2v) is 4.84. The second kappa shape index (κ2) is 5.96. The van der Waals surface area contributed by atoms with Gasteiger partial charge in [-0.3, -0.25) is 0 Å².